The van der Waals surface area contributed by atoms with Crippen LogP contribution in [-0.4, -0.2) is 47.4 Å². The summed E-state index contributed by atoms with van der Waals surface area (Å²) in [5.41, 5.74) is 2.19. The first-order chi connectivity index (χ1) is 12.2. The van der Waals surface area contributed by atoms with Gasteiger partial charge in [0.1, 0.15) is 5.82 Å². The number of likely N-dealkylation sites (N-methyl/N-ethyl adjacent to an activating group) is 2. The molecule has 0 aliphatic heterocycles. The van der Waals surface area contributed by atoms with Crippen LogP contribution >= 0.6 is 0 Å². The van der Waals surface area contributed by atoms with Crippen molar-refractivity contribution in [2.45, 2.75) is 12.8 Å². The lowest BCUT2D eigenvalue weighted by Gasteiger charge is -2.17. The van der Waals surface area contributed by atoms with Crippen LogP contribution in [0, 0.1) is 0 Å². The Bertz CT molecular complexity index is 692. The van der Waals surface area contributed by atoms with E-state index in [9.17, 15) is 0 Å². The molecule has 0 bridgehead atoms. The van der Waals surface area contributed by atoms with Crippen LogP contribution in [0.3, 0.4) is 0 Å². The van der Waals surface area contributed by atoms with Crippen LogP contribution in [0.4, 0.5) is 11.6 Å². The Balaban J connectivity index is 1.52. The Labute approximate surface area is 148 Å². The SMILES string of the molecule is CN(CCc1ccccn1)c1cc(N(C)CCc2ccccn2)[nH]n1. The van der Waals surface area contributed by atoms with Crippen molar-refractivity contribution < 1.29 is 0 Å². The number of nitrogens with one attached hydrogen (secondary N) is 1. The van der Waals surface area contributed by atoms with Gasteiger partial charge in [-0.05, 0) is 24.3 Å². The number of anilines is 2. The van der Waals surface area contributed by atoms with Crippen molar-refractivity contribution in [3.8, 4) is 0 Å². The number of nitrogens with zero attached hydrogens (tertiary/aromatic N) is 5. The molecule has 0 saturated heterocycles. The van der Waals surface area contributed by atoms with Crippen molar-refractivity contribution in [1.29, 1.82) is 0 Å². The molecule has 0 spiro atoms. The van der Waals surface area contributed by atoms with Gasteiger partial charge < -0.3 is 9.80 Å². The minimum atomic E-state index is 0.874. The Kier molecular flexibility index (Phi) is 5.61. The predicted octanol–water partition coefficient (Wildman–Crippen LogP) is 2.56. The van der Waals surface area contributed by atoms with Crippen molar-refractivity contribution >= 4 is 11.6 Å². The molecule has 0 fully saturated rings. The van der Waals surface area contributed by atoms with E-state index in [1.54, 1.807) is 0 Å². The molecule has 6 heteroatoms. The molecule has 0 atom stereocenters. The molecule has 3 aromatic rings. The molecular weight excluding hydrogens is 312 g/mol. The van der Waals surface area contributed by atoms with E-state index in [4.69, 9.17) is 0 Å². The van der Waals surface area contributed by atoms with Gasteiger partial charge in [0.25, 0.3) is 0 Å². The number of hydrogen-bond donors (Lipinski definition) is 1. The Morgan fingerprint density at radius 2 is 1.44 bits per heavy atom. The van der Waals surface area contributed by atoms with E-state index in [-0.39, 0.29) is 0 Å². The van der Waals surface area contributed by atoms with Gasteiger partial charge in [0.05, 0.1) is 0 Å². The summed E-state index contributed by atoms with van der Waals surface area (Å²) in [5.74, 6) is 1.95. The van der Waals surface area contributed by atoms with Crippen LogP contribution in [0.25, 0.3) is 0 Å². The molecule has 6 nitrogen and oxygen atoms in total. The summed E-state index contributed by atoms with van der Waals surface area (Å²) in [4.78, 5) is 13.0. The zero-order chi connectivity index (χ0) is 17.5. The van der Waals surface area contributed by atoms with Crippen LogP contribution in [-0.2, 0) is 12.8 Å². The Morgan fingerprint density at radius 1 is 0.840 bits per heavy atom. The van der Waals surface area contributed by atoms with Crippen molar-refractivity contribution in [2.75, 3.05) is 37.0 Å². The Hall–Kier alpha value is -2.89. The summed E-state index contributed by atoms with van der Waals surface area (Å²) < 4.78 is 0. The molecule has 1 N–H and O–H groups in total. The molecule has 25 heavy (non-hydrogen) atoms. The zero-order valence-electron chi connectivity index (χ0n) is 14.8. The molecule has 0 aromatic carbocycles. The summed E-state index contributed by atoms with van der Waals surface area (Å²) in [7, 11) is 4.12. The lowest BCUT2D eigenvalue weighted by atomic mass is 10.2. The van der Waals surface area contributed by atoms with Gasteiger partial charge in [0.2, 0.25) is 0 Å². The lowest BCUT2D eigenvalue weighted by molar-refractivity contribution is 0.826. The molecular formula is C19H24N6. The van der Waals surface area contributed by atoms with Crippen molar-refractivity contribution in [1.82, 2.24) is 20.2 Å². The van der Waals surface area contributed by atoms with E-state index >= 15 is 0 Å². The monoisotopic (exact) mass is 336 g/mol. The minimum Gasteiger partial charge on any atom is -0.360 e. The molecule has 0 radical (unpaired) electrons. The molecule has 3 heterocycles. The fraction of sp³-hybridized carbons (Fsp3) is 0.316. The van der Waals surface area contributed by atoms with E-state index in [1.165, 1.54) is 0 Å². The maximum Gasteiger partial charge on any atom is 0.152 e. The summed E-state index contributed by atoms with van der Waals surface area (Å²) in [5, 5.41) is 7.55. The third-order valence-corrected chi connectivity index (χ3v) is 4.21. The average molecular weight is 336 g/mol. The van der Waals surface area contributed by atoms with Gasteiger partial charge in [0.15, 0.2) is 5.82 Å². The smallest absolute Gasteiger partial charge is 0.152 e. The molecule has 0 unspecified atom stereocenters. The molecule has 0 saturated carbocycles. The quantitative estimate of drug-likeness (QED) is 0.685. The molecule has 130 valence electrons. The fourth-order valence-corrected chi connectivity index (χ4v) is 2.58. The first-order valence-electron chi connectivity index (χ1n) is 8.50. The first-order valence-corrected chi connectivity index (χ1v) is 8.50. The number of aromatic amines is 1. The molecule has 0 aliphatic rings. The Morgan fingerprint density at radius 3 is 2.00 bits per heavy atom. The van der Waals surface area contributed by atoms with Crippen LogP contribution < -0.4 is 9.80 Å². The topological polar surface area (TPSA) is 60.9 Å². The van der Waals surface area contributed by atoms with Gasteiger partial charge in [-0.3, -0.25) is 15.1 Å². The molecule has 3 rings (SSSR count). The standard InChI is InChI=1S/C19H24N6/c1-24(13-9-16-7-3-5-11-20-16)18-15-19(23-22-18)25(2)14-10-17-8-4-6-12-21-17/h3-8,11-12,15H,9-10,13-14H2,1-2H3,(H,22,23). The van der Waals surface area contributed by atoms with E-state index in [0.717, 1.165) is 49.0 Å². The number of aromatic nitrogens is 4. The van der Waals surface area contributed by atoms with Crippen molar-refractivity contribution in [3.05, 3.63) is 66.2 Å². The summed E-state index contributed by atoms with van der Waals surface area (Å²) in [6.45, 7) is 1.76. The van der Waals surface area contributed by atoms with Gasteiger partial charge in [-0.15, -0.1) is 0 Å². The predicted molar refractivity (Wildman–Crippen MR) is 101 cm³/mol. The summed E-state index contributed by atoms with van der Waals surface area (Å²) in [6, 6.07) is 14.1. The van der Waals surface area contributed by atoms with E-state index in [1.807, 2.05) is 36.7 Å². The highest BCUT2D eigenvalue weighted by atomic mass is 15.3. The third-order valence-electron chi connectivity index (χ3n) is 4.21. The number of pyridine rings is 2. The highest BCUT2D eigenvalue weighted by Crippen LogP contribution is 2.17. The van der Waals surface area contributed by atoms with Gasteiger partial charge in [0, 0.05) is 69.9 Å². The third kappa shape index (κ3) is 4.79. The molecule has 3 aromatic heterocycles. The highest BCUT2D eigenvalue weighted by Gasteiger charge is 2.10. The number of hydrogen-bond acceptors (Lipinski definition) is 5. The molecule has 0 aliphatic carbocycles. The van der Waals surface area contributed by atoms with E-state index < -0.39 is 0 Å². The lowest BCUT2D eigenvalue weighted by Crippen LogP contribution is -2.21. The maximum atomic E-state index is 4.43. The minimum absolute atomic E-state index is 0.874. The number of H-pyrrole nitrogens is 1. The van der Waals surface area contributed by atoms with Gasteiger partial charge >= 0.3 is 0 Å². The summed E-state index contributed by atoms with van der Waals surface area (Å²) >= 11 is 0. The molecule has 0 amide bonds. The van der Waals surface area contributed by atoms with Crippen LogP contribution in [0.2, 0.25) is 0 Å². The fourth-order valence-electron chi connectivity index (χ4n) is 2.58. The highest BCUT2D eigenvalue weighted by molar-refractivity contribution is 5.50. The average Bonchev–Trinajstić information content (AvgIpc) is 3.16. The van der Waals surface area contributed by atoms with Crippen LogP contribution in [0.1, 0.15) is 11.4 Å². The van der Waals surface area contributed by atoms with Crippen LogP contribution in [0.15, 0.2) is 54.9 Å². The van der Waals surface area contributed by atoms with Gasteiger partial charge in [-0.1, -0.05) is 12.1 Å². The summed E-state index contributed by atoms with van der Waals surface area (Å²) in [6.07, 6.45) is 5.47. The normalized spacial score (nSPS) is 10.6. The number of rotatable bonds is 8. The largest absolute Gasteiger partial charge is 0.360 e. The second-order valence-corrected chi connectivity index (χ2v) is 6.10. The second-order valence-electron chi connectivity index (χ2n) is 6.10. The van der Waals surface area contributed by atoms with Gasteiger partial charge in [-0.25, -0.2) is 0 Å². The van der Waals surface area contributed by atoms with Gasteiger partial charge in [-0.2, -0.15) is 5.10 Å². The zero-order valence-corrected chi connectivity index (χ0v) is 14.8. The van der Waals surface area contributed by atoms with E-state index in [2.05, 4.69) is 62.3 Å². The van der Waals surface area contributed by atoms with E-state index in [0.29, 0.717) is 0 Å². The van der Waals surface area contributed by atoms with Crippen molar-refractivity contribution in [2.24, 2.45) is 0 Å². The van der Waals surface area contributed by atoms with Crippen molar-refractivity contribution in [3.63, 3.8) is 0 Å². The second kappa shape index (κ2) is 8.28. The first kappa shape index (κ1) is 17.0. The maximum absolute atomic E-state index is 4.43. The van der Waals surface area contributed by atoms with Crippen LogP contribution in [0.5, 0.6) is 0 Å².